The molecule has 2 aromatic carbocycles. The van der Waals surface area contributed by atoms with E-state index < -0.39 is 76.7 Å². The number of carbonyl (C=O) groups is 5. The Hall–Kier alpha value is -4.88. The van der Waals surface area contributed by atoms with Gasteiger partial charge in [-0.15, -0.1) is 11.8 Å². The summed E-state index contributed by atoms with van der Waals surface area (Å²) in [5.74, 6) is -5.33. The first kappa shape index (κ1) is 47.5. The van der Waals surface area contributed by atoms with E-state index in [1.807, 2.05) is 55.7 Å². The van der Waals surface area contributed by atoms with Gasteiger partial charge in [-0.05, 0) is 48.7 Å². The molecule has 3 rings (SSSR count). The molecule has 0 saturated heterocycles. The van der Waals surface area contributed by atoms with Crippen LogP contribution in [0.15, 0.2) is 60.8 Å². The third-order valence-corrected chi connectivity index (χ3v) is 10.4. The molecular formula is C40H54F2N6O9S. The quantitative estimate of drug-likeness (QED) is 0.0648. The number of aliphatic carboxylic acids is 2. The van der Waals surface area contributed by atoms with Crippen LogP contribution in [0, 0.1) is 17.0 Å². The molecule has 1 aromatic heterocycles. The predicted molar refractivity (Wildman–Crippen MR) is 215 cm³/mol. The molecule has 0 aliphatic rings. The van der Waals surface area contributed by atoms with E-state index in [0.29, 0.717) is 17.8 Å². The van der Waals surface area contributed by atoms with Gasteiger partial charge in [0, 0.05) is 61.4 Å². The molecule has 4 atom stereocenters. The van der Waals surface area contributed by atoms with E-state index in [1.165, 1.54) is 11.9 Å². The van der Waals surface area contributed by atoms with E-state index in [9.17, 15) is 38.6 Å². The molecular weight excluding hydrogens is 779 g/mol. The number of nitrogens with two attached hydrogens (primary N) is 1. The summed E-state index contributed by atoms with van der Waals surface area (Å²) in [4.78, 5) is 62.8. The topological polar surface area (TPSA) is 226 Å². The van der Waals surface area contributed by atoms with Crippen molar-refractivity contribution in [3.63, 3.8) is 0 Å². The summed E-state index contributed by atoms with van der Waals surface area (Å²) in [7, 11) is 1.44. The molecule has 0 aliphatic heterocycles. The van der Waals surface area contributed by atoms with E-state index in [0.717, 1.165) is 35.5 Å². The van der Waals surface area contributed by atoms with Gasteiger partial charge >= 0.3 is 11.9 Å². The first-order valence-corrected chi connectivity index (χ1v) is 19.7. The van der Waals surface area contributed by atoms with Crippen molar-refractivity contribution in [3.8, 4) is 11.1 Å². The van der Waals surface area contributed by atoms with Crippen LogP contribution in [0.3, 0.4) is 0 Å². The Morgan fingerprint density at radius 1 is 0.966 bits per heavy atom. The van der Waals surface area contributed by atoms with E-state index in [-0.39, 0.29) is 57.0 Å². The minimum atomic E-state index is -1.24. The number of aliphatic hydroxyl groups excluding tert-OH is 1. The number of aliphatic hydroxyl groups is 1. The number of likely N-dealkylation sites (N-methyl/N-ethyl adjacent to an activating group) is 1. The second-order valence-corrected chi connectivity index (χ2v) is 15.8. The molecule has 3 aromatic rings. The molecule has 4 unspecified atom stereocenters. The SMILES string of the molecule is CNC(CSC(CC(=O)NCCOCCNC(=O)C(N)CCN(C(=O)CO)C(c1cc(-c2cc(F)ccc2F)cn1Cc1ccccc1)C(C)(C)C)C(=O)O)C(=O)O. The van der Waals surface area contributed by atoms with Gasteiger partial charge in [-0.3, -0.25) is 24.0 Å². The van der Waals surface area contributed by atoms with Crippen LogP contribution in [0.4, 0.5) is 8.78 Å². The second kappa shape index (κ2) is 22.9. The average molecular weight is 833 g/mol. The fourth-order valence-electron chi connectivity index (χ4n) is 6.20. The molecule has 0 radical (unpaired) electrons. The van der Waals surface area contributed by atoms with Crippen molar-refractivity contribution >= 4 is 41.4 Å². The molecule has 318 valence electrons. The fourth-order valence-corrected chi connectivity index (χ4v) is 7.35. The highest BCUT2D eigenvalue weighted by Gasteiger charge is 2.37. The van der Waals surface area contributed by atoms with Crippen molar-refractivity contribution in [2.75, 3.05) is 52.3 Å². The van der Waals surface area contributed by atoms with Gasteiger partial charge < -0.3 is 51.2 Å². The maximum absolute atomic E-state index is 15.0. The molecule has 0 fully saturated rings. The number of ether oxygens (including phenoxy) is 1. The summed E-state index contributed by atoms with van der Waals surface area (Å²) in [6.45, 7) is 5.49. The van der Waals surface area contributed by atoms with Crippen molar-refractivity contribution in [1.29, 1.82) is 0 Å². The van der Waals surface area contributed by atoms with Crippen molar-refractivity contribution in [3.05, 3.63) is 83.7 Å². The van der Waals surface area contributed by atoms with Gasteiger partial charge in [-0.1, -0.05) is 51.1 Å². The summed E-state index contributed by atoms with van der Waals surface area (Å²) in [5.41, 5.74) is 7.56. The van der Waals surface area contributed by atoms with Gasteiger partial charge in [0.25, 0.3) is 0 Å². The molecule has 15 nitrogen and oxygen atoms in total. The number of amides is 3. The Bertz CT molecular complexity index is 1840. The Labute approximate surface area is 340 Å². The van der Waals surface area contributed by atoms with Crippen LogP contribution in [0.5, 0.6) is 0 Å². The summed E-state index contributed by atoms with van der Waals surface area (Å²) in [5, 5.41) is 35.3. The highest BCUT2D eigenvalue weighted by Crippen LogP contribution is 2.41. The van der Waals surface area contributed by atoms with E-state index in [2.05, 4.69) is 16.0 Å². The number of hydrogen-bond acceptors (Lipinski definition) is 10. The van der Waals surface area contributed by atoms with Crippen LogP contribution < -0.4 is 21.7 Å². The molecule has 3 amide bonds. The number of carboxylic acids is 2. The normalized spacial score (nSPS) is 13.6. The third kappa shape index (κ3) is 14.5. The van der Waals surface area contributed by atoms with Gasteiger partial charge in [-0.2, -0.15) is 0 Å². The highest BCUT2D eigenvalue weighted by atomic mass is 32.2. The van der Waals surface area contributed by atoms with Crippen molar-refractivity contribution in [2.24, 2.45) is 11.1 Å². The predicted octanol–water partition coefficient (Wildman–Crippen LogP) is 2.61. The lowest BCUT2D eigenvalue weighted by atomic mass is 9.82. The average Bonchev–Trinajstić information content (AvgIpc) is 3.57. The van der Waals surface area contributed by atoms with Gasteiger partial charge in [0.2, 0.25) is 17.7 Å². The third-order valence-electron chi connectivity index (χ3n) is 9.12. The summed E-state index contributed by atoms with van der Waals surface area (Å²) in [6, 6.07) is 11.7. The molecule has 8 N–H and O–H groups in total. The molecule has 0 bridgehead atoms. The zero-order chi connectivity index (χ0) is 43.0. The van der Waals surface area contributed by atoms with Crippen LogP contribution in [0.25, 0.3) is 11.1 Å². The van der Waals surface area contributed by atoms with Crippen LogP contribution >= 0.6 is 11.8 Å². The molecule has 0 spiro atoms. The van der Waals surface area contributed by atoms with E-state index in [4.69, 9.17) is 15.6 Å². The molecule has 1 heterocycles. The lowest BCUT2D eigenvalue weighted by Crippen LogP contribution is -2.48. The molecule has 58 heavy (non-hydrogen) atoms. The van der Waals surface area contributed by atoms with Gasteiger partial charge in [0.15, 0.2) is 0 Å². The minimum absolute atomic E-state index is 0.0172. The zero-order valence-corrected chi connectivity index (χ0v) is 33.9. The van der Waals surface area contributed by atoms with E-state index in [1.54, 1.807) is 12.3 Å². The van der Waals surface area contributed by atoms with Crippen LogP contribution in [-0.4, -0.2) is 124 Å². The monoisotopic (exact) mass is 832 g/mol. The summed E-state index contributed by atoms with van der Waals surface area (Å²) >= 11 is 0.845. The summed E-state index contributed by atoms with van der Waals surface area (Å²) in [6.07, 6.45) is 1.36. The number of nitrogens with zero attached hydrogens (tertiary/aromatic N) is 2. The number of benzene rings is 2. The Morgan fingerprint density at radius 2 is 1.64 bits per heavy atom. The van der Waals surface area contributed by atoms with Crippen LogP contribution in [-0.2, 0) is 35.3 Å². The number of carboxylic acid groups (broad SMARTS) is 2. The maximum atomic E-state index is 15.0. The van der Waals surface area contributed by atoms with Crippen LogP contribution in [0.1, 0.15) is 50.9 Å². The highest BCUT2D eigenvalue weighted by molar-refractivity contribution is 8.00. The largest absolute Gasteiger partial charge is 0.480 e. The lowest BCUT2D eigenvalue weighted by molar-refractivity contribution is -0.140. The number of aromatic nitrogens is 1. The Kier molecular flexibility index (Phi) is 18.8. The number of hydrogen-bond donors (Lipinski definition) is 7. The lowest BCUT2D eigenvalue weighted by Gasteiger charge is -2.41. The maximum Gasteiger partial charge on any atom is 0.321 e. The number of thioether (sulfide) groups is 1. The summed E-state index contributed by atoms with van der Waals surface area (Å²) < 4.78 is 36.7. The standard InChI is InChI=1S/C40H54F2N6O9S/c1-40(2,3)36(32-18-26(28-19-27(41)10-11-29(28)42)22-47(32)21-25-8-6-5-7-9-25)48(35(51)23-49)15-12-30(43)37(52)46-14-17-57-16-13-45-34(50)20-33(39(55)56)58-24-31(44-4)38(53)54/h5-11,18-19,22,30-31,33,36,44,49H,12-17,20-21,23-24,43H2,1-4H3,(H,45,50)(H,46,52)(H,53,54)(H,55,56). The van der Waals surface area contributed by atoms with Gasteiger partial charge in [0.1, 0.15) is 29.5 Å². The molecule has 18 heteroatoms. The van der Waals surface area contributed by atoms with E-state index >= 15 is 4.39 Å². The first-order chi connectivity index (χ1) is 27.5. The van der Waals surface area contributed by atoms with Crippen LogP contribution in [0.2, 0.25) is 0 Å². The first-order valence-electron chi connectivity index (χ1n) is 18.7. The second-order valence-electron chi connectivity index (χ2n) is 14.6. The zero-order valence-electron chi connectivity index (χ0n) is 33.1. The smallest absolute Gasteiger partial charge is 0.321 e. The van der Waals surface area contributed by atoms with Gasteiger partial charge in [-0.25, -0.2) is 8.78 Å². The van der Waals surface area contributed by atoms with Crippen molar-refractivity contribution in [1.82, 2.24) is 25.4 Å². The number of rotatable bonds is 24. The Morgan fingerprint density at radius 3 is 2.24 bits per heavy atom. The number of nitrogens with one attached hydrogen (secondary N) is 3. The Balaban J connectivity index is 1.61. The van der Waals surface area contributed by atoms with Gasteiger partial charge in [0.05, 0.1) is 25.3 Å². The molecule has 0 saturated carbocycles. The minimum Gasteiger partial charge on any atom is -0.480 e. The van der Waals surface area contributed by atoms with Crippen molar-refractivity contribution < 1.29 is 52.8 Å². The fraction of sp³-hybridized carbons (Fsp3) is 0.475. The number of carbonyl (C=O) groups excluding carboxylic acids is 3. The molecule has 0 aliphatic carbocycles. The number of halogens is 2. The van der Waals surface area contributed by atoms with Crippen molar-refractivity contribution in [2.45, 2.75) is 63.5 Å².